The Morgan fingerprint density at radius 1 is 1.38 bits per heavy atom. The molecular weight excluding hydrogens is 164 g/mol. The molecule has 76 valence electrons. The fourth-order valence-electron chi connectivity index (χ4n) is 1.55. The Kier molecular flexibility index (Phi) is 3.31. The summed E-state index contributed by atoms with van der Waals surface area (Å²) in [5, 5.41) is 6.41. The smallest absolute Gasteiger partial charge is 0.222 e. The lowest BCUT2D eigenvalue weighted by molar-refractivity contribution is -0.126. The highest BCUT2D eigenvalue weighted by molar-refractivity contribution is 5.78. The summed E-state index contributed by atoms with van der Waals surface area (Å²) in [5.74, 6) is 0.260. The fourth-order valence-corrected chi connectivity index (χ4v) is 1.55. The number of hydrogen-bond acceptors (Lipinski definition) is 2. The SMILES string of the molecule is CC(C)C(=O)NC1(C)CCNCC1. The van der Waals surface area contributed by atoms with E-state index >= 15 is 0 Å². The molecule has 0 saturated carbocycles. The van der Waals surface area contributed by atoms with Gasteiger partial charge >= 0.3 is 0 Å². The van der Waals surface area contributed by atoms with Gasteiger partial charge in [-0.2, -0.15) is 0 Å². The van der Waals surface area contributed by atoms with Gasteiger partial charge in [-0.1, -0.05) is 13.8 Å². The summed E-state index contributed by atoms with van der Waals surface area (Å²) in [6, 6.07) is 0. The van der Waals surface area contributed by atoms with Crippen molar-refractivity contribution in [2.24, 2.45) is 5.92 Å². The van der Waals surface area contributed by atoms with Crippen LogP contribution >= 0.6 is 0 Å². The van der Waals surface area contributed by atoms with E-state index in [1.54, 1.807) is 0 Å². The van der Waals surface area contributed by atoms with E-state index in [4.69, 9.17) is 0 Å². The molecule has 3 heteroatoms. The van der Waals surface area contributed by atoms with Crippen LogP contribution in [0.15, 0.2) is 0 Å². The highest BCUT2D eigenvalue weighted by atomic mass is 16.2. The van der Waals surface area contributed by atoms with Crippen molar-refractivity contribution in [2.45, 2.75) is 39.2 Å². The van der Waals surface area contributed by atoms with Gasteiger partial charge in [0.05, 0.1) is 0 Å². The maximum absolute atomic E-state index is 11.5. The number of rotatable bonds is 2. The molecule has 1 fully saturated rings. The number of carbonyl (C=O) groups is 1. The Labute approximate surface area is 80.3 Å². The number of carbonyl (C=O) groups excluding carboxylic acids is 1. The summed E-state index contributed by atoms with van der Waals surface area (Å²) in [7, 11) is 0. The van der Waals surface area contributed by atoms with E-state index in [-0.39, 0.29) is 17.4 Å². The monoisotopic (exact) mass is 184 g/mol. The zero-order chi connectivity index (χ0) is 9.90. The molecule has 0 aromatic rings. The lowest BCUT2D eigenvalue weighted by Crippen LogP contribution is -2.53. The largest absolute Gasteiger partial charge is 0.351 e. The summed E-state index contributed by atoms with van der Waals surface area (Å²) in [4.78, 5) is 11.5. The van der Waals surface area contributed by atoms with Crippen molar-refractivity contribution in [3.05, 3.63) is 0 Å². The minimum atomic E-state index is 0.0204. The van der Waals surface area contributed by atoms with Crippen molar-refractivity contribution in [1.82, 2.24) is 10.6 Å². The van der Waals surface area contributed by atoms with Crippen LogP contribution in [0.4, 0.5) is 0 Å². The third kappa shape index (κ3) is 2.99. The number of hydrogen-bond donors (Lipinski definition) is 2. The van der Waals surface area contributed by atoms with Crippen molar-refractivity contribution >= 4 is 5.91 Å². The average Bonchev–Trinajstić information content (AvgIpc) is 2.04. The van der Waals surface area contributed by atoms with Gasteiger partial charge in [-0.15, -0.1) is 0 Å². The molecule has 1 saturated heterocycles. The van der Waals surface area contributed by atoms with E-state index in [1.807, 2.05) is 13.8 Å². The van der Waals surface area contributed by atoms with Gasteiger partial charge in [-0.05, 0) is 32.9 Å². The van der Waals surface area contributed by atoms with E-state index in [1.165, 1.54) is 0 Å². The summed E-state index contributed by atoms with van der Waals surface area (Å²) >= 11 is 0. The van der Waals surface area contributed by atoms with Crippen molar-refractivity contribution < 1.29 is 4.79 Å². The molecule has 13 heavy (non-hydrogen) atoms. The van der Waals surface area contributed by atoms with Gasteiger partial charge < -0.3 is 10.6 Å². The molecule has 0 aliphatic carbocycles. The third-order valence-corrected chi connectivity index (χ3v) is 2.66. The maximum atomic E-state index is 11.5. The van der Waals surface area contributed by atoms with Gasteiger partial charge in [0.15, 0.2) is 0 Å². The minimum Gasteiger partial charge on any atom is -0.351 e. The third-order valence-electron chi connectivity index (χ3n) is 2.66. The van der Waals surface area contributed by atoms with Crippen molar-refractivity contribution in [3.63, 3.8) is 0 Å². The summed E-state index contributed by atoms with van der Waals surface area (Å²) < 4.78 is 0. The molecule has 1 amide bonds. The quantitative estimate of drug-likeness (QED) is 0.669. The Morgan fingerprint density at radius 3 is 2.38 bits per heavy atom. The predicted molar refractivity (Wildman–Crippen MR) is 53.5 cm³/mol. The molecule has 1 rings (SSSR count). The first-order valence-corrected chi connectivity index (χ1v) is 5.06. The molecule has 1 aliphatic heterocycles. The molecule has 3 nitrogen and oxygen atoms in total. The van der Waals surface area contributed by atoms with Gasteiger partial charge in [0, 0.05) is 11.5 Å². The van der Waals surface area contributed by atoms with Crippen LogP contribution in [-0.2, 0) is 4.79 Å². The molecule has 0 aromatic heterocycles. The van der Waals surface area contributed by atoms with Gasteiger partial charge in [0.1, 0.15) is 0 Å². The van der Waals surface area contributed by atoms with Crippen LogP contribution in [0.3, 0.4) is 0 Å². The predicted octanol–water partition coefficient (Wildman–Crippen LogP) is 0.901. The van der Waals surface area contributed by atoms with Gasteiger partial charge in [-0.3, -0.25) is 4.79 Å². The Bertz CT molecular complexity index is 183. The zero-order valence-corrected chi connectivity index (χ0v) is 8.81. The van der Waals surface area contributed by atoms with Crippen LogP contribution in [0, 0.1) is 5.92 Å². The first kappa shape index (κ1) is 10.5. The molecule has 1 heterocycles. The maximum Gasteiger partial charge on any atom is 0.222 e. The second kappa shape index (κ2) is 4.09. The second-order valence-electron chi connectivity index (χ2n) is 4.45. The summed E-state index contributed by atoms with van der Waals surface area (Å²) in [6.07, 6.45) is 2.07. The van der Waals surface area contributed by atoms with Gasteiger partial charge in [0.25, 0.3) is 0 Å². The van der Waals surface area contributed by atoms with Gasteiger partial charge in [-0.25, -0.2) is 0 Å². The standard InChI is InChI=1S/C10H20N2O/c1-8(2)9(13)12-10(3)4-6-11-7-5-10/h8,11H,4-7H2,1-3H3,(H,12,13). The summed E-state index contributed by atoms with van der Waals surface area (Å²) in [6.45, 7) is 8.01. The molecule has 0 aromatic carbocycles. The highest BCUT2D eigenvalue weighted by Gasteiger charge is 2.28. The second-order valence-corrected chi connectivity index (χ2v) is 4.45. The molecule has 0 radical (unpaired) electrons. The van der Waals surface area contributed by atoms with E-state index in [9.17, 15) is 4.79 Å². The van der Waals surface area contributed by atoms with Crippen LogP contribution in [0.5, 0.6) is 0 Å². The number of nitrogens with one attached hydrogen (secondary N) is 2. The van der Waals surface area contributed by atoms with Gasteiger partial charge in [0.2, 0.25) is 5.91 Å². The average molecular weight is 184 g/mol. The molecule has 0 atom stereocenters. The van der Waals surface area contributed by atoms with Crippen molar-refractivity contribution in [3.8, 4) is 0 Å². The molecule has 0 spiro atoms. The van der Waals surface area contributed by atoms with Crippen LogP contribution in [0.2, 0.25) is 0 Å². The Balaban J connectivity index is 2.45. The lowest BCUT2D eigenvalue weighted by Gasteiger charge is -2.35. The van der Waals surface area contributed by atoms with Crippen LogP contribution < -0.4 is 10.6 Å². The fraction of sp³-hybridized carbons (Fsp3) is 0.900. The van der Waals surface area contributed by atoms with E-state index < -0.39 is 0 Å². The lowest BCUT2D eigenvalue weighted by atomic mass is 9.90. The highest BCUT2D eigenvalue weighted by Crippen LogP contribution is 2.17. The Morgan fingerprint density at radius 2 is 1.92 bits per heavy atom. The van der Waals surface area contributed by atoms with Crippen LogP contribution in [0.1, 0.15) is 33.6 Å². The topological polar surface area (TPSA) is 41.1 Å². The van der Waals surface area contributed by atoms with Crippen LogP contribution in [-0.4, -0.2) is 24.5 Å². The minimum absolute atomic E-state index is 0.0204. The van der Waals surface area contributed by atoms with E-state index in [2.05, 4.69) is 17.6 Å². The van der Waals surface area contributed by atoms with Crippen LogP contribution in [0.25, 0.3) is 0 Å². The van der Waals surface area contributed by atoms with E-state index in [0.717, 1.165) is 25.9 Å². The van der Waals surface area contributed by atoms with E-state index in [0.29, 0.717) is 0 Å². The van der Waals surface area contributed by atoms with Crippen molar-refractivity contribution in [1.29, 1.82) is 0 Å². The summed E-state index contributed by atoms with van der Waals surface area (Å²) in [5.41, 5.74) is 0.0204. The molecule has 1 aliphatic rings. The normalized spacial score (nSPS) is 21.5. The number of amides is 1. The number of piperidine rings is 1. The first-order chi connectivity index (χ1) is 6.03. The zero-order valence-electron chi connectivity index (χ0n) is 8.81. The molecule has 0 unspecified atom stereocenters. The molecular formula is C10H20N2O. The Hall–Kier alpha value is -0.570. The molecule has 0 bridgehead atoms. The van der Waals surface area contributed by atoms with Crippen molar-refractivity contribution in [2.75, 3.05) is 13.1 Å². The first-order valence-electron chi connectivity index (χ1n) is 5.06. The molecule has 2 N–H and O–H groups in total.